The Bertz CT molecular complexity index is 449. The fourth-order valence-electron chi connectivity index (χ4n) is 0.960. The van der Waals surface area contributed by atoms with Gasteiger partial charge < -0.3 is 9.84 Å². The average molecular weight is 365 g/mol. The number of pyridine rings is 1. The molecule has 9 heteroatoms. The summed E-state index contributed by atoms with van der Waals surface area (Å²) in [6.07, 6.45) is -5.04. The van der Waals surface area contributed by atoms with Crippen LogP contribution in [0.4, 0.5) is 17.6 Å². The summed E-state index contributed by atoms with van der Waals surface area (Å²) in [6, 6.07) is 0.777. The summed E-state index contributed by atoms with van der Waals surface area (Å²) in [5.41, 5.74) is -1.23. The Morgan fingerprint density at radius 3 is 2.53 bits per heavy atom. The maximum Gasteiger partial charge on any atom is 0.573 e. The molecule has 0 aliphatic heterocycles. The van der Waals surface area contributed by atoms with Gasteiger partial charge in [-0.1, -0.05) is 0 Å². The highest BCUT2D eigenvalue weighted by atomic mass is 127. The van der Waals surface area contributed by atoms with Gasteiger partial charge in [-0.3, -0.25) is 0 Å². The van der Waals surface area contributed by atoms with Crippen LogP contribution >= 0.6 is 22.6 Å². The highest BCUT2D eigenvalue weighted by Gasteiger charge is 2.34. The third kappa shape index (κ3) is 3.68. The first-order chi connectivity index (χ1) is 7.74. The van der Waals surface area contributed by atoms with Gasteiger partial charge in [-0.25, -0.2) is 14.2 Å². The Morgan fingerprint density at radius 2 is 2.12 bits per heavy atom. The van der Waals surface area contributed by atoms with E-state index in [4.69, 9.17) is 5.11 Å². The molecule has 0 fully saturated rings. The number of carboxylic acid groups (broad SMARTS) is 1. The molecule has 0 aliphatic carbocycles. The predicted molar refractivity (Wildman–Crippen MR) is 55.4 cm³/mol. The monoisotopic (exact) mass is 365 g/mol. The lowest BCUT2D eigenvalue weighted by Gasteiger charge is -2.12. The number of rotatable bonds is 3. The minimum atomic E-state index is -5.04. The molecule has 0 unspecified atom stereocenters. The Hall–Kier alpha value is -1.13. The molecule has 0 aromatic carbocycles. The SMILES string of the molecule is O=C(O)c1nc(CF)c(I)cc1OC(F)(F)F. The molecular formula is C8H4F4INO3. The zero-order valence-electron chi connectivity index (χ0n) is 7.89. The van der Waals surface area contributed by atoms with Gasteiger partial charge in [-0.05, 0) is 28.7 Å². The van der Waals surface area contributed by atoms with Crippen molar-refractivity contribution in [3.63, 3.8) is 0 Å². The van der Waals surface area contributed by atoms with Crippen LogP contribution in [0.1, 0.15) is 16.2 Å². The first kappa shape index (κ1) is 13.9. The molecule has 4 nitrogen and oxygen atoms in total. The van der Waals surface area contributed by atoms with Crippen LogP contribution in [0.25, 0.3) is 0 Å². The summed E-state index contributed by atoms with van der Waals surface area (Å²) >= 11 is 1.53. The number of alkyl halides is 4. The quantitative estimate of drug-likeness (QED) is 0.661. The molecule has 0 saturated carbocycles. The number of aromatic carboxylic acids is 1. The van der Waals surface area contributed by atoms with Gasteiger partial charge in [0.2, 0.25) is 0 Å². The number of aromatic nitrogens is 1. The molecule has 0 aliphatic rings. The number of halogens is 5. The van der Waals surface area contributed by atoms with Crippen molar-refractivity contribution in [1.29, 1.82) is 0 Å². The topological polar surface area (TPSA) is 59.4 Å². The fourth-order valence-corrected chi connectivity index (χ4v) is 1.51. The summed E-state index contributed by atoms with van der Waals surface area (Å²) < 4.78 is 51.9. The molecule has 1 aromatic heterocycles. The van der Waals surface area contributed by atoms with E-state index in [2.05, 4.69) is 9.72 Å². The highest BCUT2D eigenvalue weighted by molar-refractivity contribution is 14.1. The Labute approximate surface area is 106 Å². The van der Waals surface area contributed by atoms with Gasteiger partial charge in [-0.15, -0.1) is 13.2 Å². The third-order valence-corrected chi connectivity index (χ3v) is 2.50. The number of hydrogen-bond acceptors (Lipinski definition) is 3. The summed E-state index contributed by atoms with van der Waals surface area (Å²) in [4.78, 5) is 13.9. The zero-order valence-corrected chi connectivity index (χ0v) is 10.0. The summed E-state index contributed by atoms with van der Waals surface area (Å²) in [5.74, 6) is -2.69. The maximum absolute atomic E-state index is 12.4. The van der Waals surface area contributed by atoms with Crippen molar-refractivity contribution in [1.82, 2.24) is 4.98 Å². The number of carboxylic acids is 1. The van der Waals surface area contributed by atoms with Crippen LogP contribution in [-0.2, 0) is 6.67 Å². The molecule has 0 saturated heterocycles. The average Bonchev–Trinajstić information content (AvgIpc) is 2.14. The lowest BCUT2D eigenvalue weighted by atomic mass is 10.3. The normalized spacial score (nSPS) is 11.4. The third-order valence-electron chi connectivity index (χ3n) is 1.57. The van der Waals surface area contributed by atoms with Gasteiger partial charge >= 0.3 is 12.3 Å². The van der Waals surface area contributed by atoms with E-state index in [0.717, 1.165) is 6.07 Å². The molecule has 0 amide bonds. The van der Waals surface area contributed by atoms with Crippen molar-refractivity contribution in [3.05, 3.63) is 21.0 Å². The molecular weight excluding hydrogens is 361 g/mol. The highest BCUT2D eigenvalue weighted by Crippen LogP contribution is 2.28. The Balaban J connectivity index is 3.28. The smallest absolute Gasteiger partial charge is 0.476 e. The van der Waals surface area contributed by atoms with Crippen molar-refractivity contribution in [2.24, 2.45) is 0 Å². The lowest BCUT2D eigenvalue weighted by Crippen LogP contribution is -2.20. The molecule has 1 rings (SSSR count). The summed E-state index contributed by atoms with van der Waals surface area (Å²) in [7, 11) is 0. The van der Waals surface area contributed by atoms with E-state index in [9.17, 15) is 22.4 Å². The van der Waals surface area contributed by atoms with E-state index in [1.165, 1.54) is 22.6 Å². The van der Waals surface area contributed by atoms with E-state index in [1.807, 2.05) is 0 Å². The van der Waals surface area contributed by atoms with Gasteiger partial charge in [0.15, 0.2) is 11.4 Å². The maximum atomic E-state index is 12.4. The first-order valence-corrected chi connectivity index (χ1v) is 5.07. The van der Waals surface area contributed by atoms with Crippen LogP contribution in [0.5, 0.6) is 5.75 Å². The van der Waals surface area contributed by atoms with Gasteiger partial charge in [-0.2, -0.15) is 0 Å². The first-order valence-electron chi connectivity index (χ1n) is 3.99. The number of hydrogen-bond donors (Lipinski definition) is 1. The van der Waals surface area contributed by atoms with Crippen molar-refractivity contribution in [2.75, 3.05) is 0 Å². The minimum absolute atomic E-state index is 0.0503. The van der Waals surface area contributed by atoms with Crippen LogP contribution in [0.3, 0.4) is 0 Å². The standard InChI is InChI=1S/C8H4F4INO3/c9-2-4-3(13)1-5(17-8(10,11)12)6(14-4)7(15)16/h1H,2H2,(H,15,16). The van der Waals surface area contributed by atoms with Crippen LogP contribution in [0.2, 0.25) is 0 Å². The Kier molecular flexibility index (Phi) is 4.11. The number of carbonyl (C=O) groups is 1. The molecule has 0 atom stereocenters. The molecule has 0 bridgehead atoms. The molecule has 94 valence electrons. The number of ether oxygens (including phenoxy) is 1. The van der Waals surface area contributed by atoms with E-state index < -0.39 is 30.4 Å². The largest absolute Gasteiger partial charge is 0.573 e. The van der Waals surface area contributed by atoms with Crippen LogP contribution in [0.15, 0.2) is 6.07 Å². The van der Waals surface area contributed by atoms with Crippen LogP contribution < -0.4 is 4.74 Å². The minimum Gasteiger partial charge on any atom is -0.476 e. The predicted octanol–water partition coefficient (Wildman–Crippen LogP) is 2.75. The van der Waals surface area contributed by atoms with E-state index in [1.54, 1.807) is 0 Å². The summed E-state index contributed by atoms with van der Waals surface area (Å²) in [6.45, 7) is -1.08. The molecule has 1 N–H and O–H groups in total. The lowest BCUT2D eigenvalue weighted by molar-refractivity contribution is -0.274. The van der Waals surface area contributed by atoms with Crippen LogP contribution in [-0.4, -0.2) is 22.4 Å². The van der Waals surface area contributed by atoms with Crippen molar-refractivity contribution >= 4 is 28.6 Å². The van der Waals surface area contributed by atoms with Crippen LogP contribution in [0, 0.1) is 3.57 Å². The second-order valence-electron chi connectivity index (χ2n) is 2.75. The van der Waals surface area contributed by atoms with E-state index >= 15 is 0 Å². The van der Waals surface area contributed by atoms with E-state index in [-0.39, 0.29) is 9.26 Å². The molecule has 0 radical (unpaired) electrons. The molecule has 0 spiro atoms. The zero-order chi connectivity index (χ0) is 13.2. The molecule has 1 aromatic rings. The van der Waals surface area contributed by atoms with Crippen molar-refractivity contribution in [2.45, 2.75) is 13.0 Å². The van der Waals surface area contributed by atoms with Crippen molar-refractivity contribution < 1.29 is 32.2 Å². The second-order valence-corrected chi connectivity index (χ2v) is 3.91. The molecule has 1 heterocycles. The summed E-state index contributed by atoms with van der Waals surface area (Å²) in [5, 5.41) is 8.64. The van der Waals surface area contributed by atoms with Crippen molar-refractivity contribution in [3.8, 4) is 5.75 Å². The fraction of sp³-hybridized carbons (Fsp3) is 0.250. The van der Waals surface area contributed by atoms with Gasteiger partial charge in [0, 0.05) is 3.57 Å². The number of nitrogens with zero attached hydrogens (tertiary/aromatic N) is 1. The molecule has 17 heavy (non-hydrogen) atoms. The van der Waals surface area contributed by atoms with Gasteiger partial charge in [0.25, 0.3) is 0 Å². The van der Waals surface area contributed by atoms with E-state index in [0.29, 0.717) is 0 Å². The van der Waals surface area contributed by atoms with Gasteiger partial charge in [0.05, 0.1) is 5.69 Å². The Morgan fingerprint density at radius 1 is 1.53 bits per heavy atom. The second kappa shape index (κ2) is 5.02. The van der Waals surface area contributed by atoms with Gasteiger partial charge in [0.1, 0.15) is 6.67 Å².